The fourth-order valence-corrected chi connectivity index (χ4v) is 7.32. The molecule has 0 spiro atoms. The van der Waals surface area contributed by atoms with Crippen LogP contribution in [0.5, 0.6) is 0 Å². The molecule has 2 N–H and O–H groups in total. The summed E-state index contributed by atoms with van der Waals surface area (Å²) in [6, 6.07) is 3.28. The Labute approximate surface area is 210 Å². The Hall–Kier alpha value is -1.19. The third-order valence-corrected chi connectivity index (χ3v) is 9.26. The zero-order valence-electron chi connectivity index (χ0n) is 19.4. The molecule has 1 amide bonds. The topological polar surface area (TPSA) is 88.2 Å². The van der Waals surface area contributed by atoms with E-state index in [-0.39, 0.29) is 26.9 Å². The molecule has 1 heterocycles. The van der Waals surface area contributed by atoms with E-state index in [9.17, 15) is 13.2 Å². The maximum absolute atomic E-state index is 12.9. The van der Waals surface area contributed by atoms with Gasteiger partial charge < -0.3 is 5.32 Å². The first kappa shape index (κ1) is 26.4. The van der Waals surface area contributed by atoms with Gasteiger partial charge in [-0.2, -0.15) is 0 Å². The van der Waals surface area contributed by atoms with Crippen LogP contribution in [0.15, 0.2) is 17.0 Å². The van der Waals surface area contributed by atoms with Gasteiger partial charge in [-0.15, -0.1) is 11.3 Å². The average Bonchev–Trinajstić information content (AvgIpc) is 3.13. The summed E-state index contributed by atoms with van der Waals surface area (Å²) in [4.78, 5) is 18.1. The largest absolute Gasteiger partial charge is 0.347 e. The Balaban J connectivity index is 1.96. The predicted molar refractivity (Wildman–Crippen MR) is 136 cm³/mol. The Kier molecular flexibility index (Phi) is 8.49. The van der Waals surface area contributed by atoms with Gasteiger partial charge in [0.05, 0.1) is 20.6 Å². The second-order valence-corrected chi connectivity index (χ2v) is 12.9. The number of amides is 1. The minimum atomic E-state index is -3.86. The van der Waals surface area contributed by atoms with Gasteiger partial charge in [0.15, 0.2) is 5.01 Å². The number of halogens is 2. The summed E-state index contributed by atoms with van der Waals surface area (Å²) in [5.74, 6) is -0.175. The highest BCUT2D eigenvalue weighted by Crippen LogP contribution is 2.42. The van der Waals surface area contributed by atoms with Crippen molar-refractivity contribution in [3.8, 4) is 10.4 Å². The number of nitrogens with one attached hydrogen (secondary N) is 2. The van der Waals surface area contributed by atoms with Crippen LogP contribution >= 0.6 is 34.5 Å². The lowest BCUT2D eigenvalue weighted by Gasteiger charge is -2.22. The molecule has 0 saturated heterocycles. The van der Waals surface area contributed by atoms with Crippen LogP contribution in [0.1, 0.15) is 81.7 Å². The molecule has 0 radical (unpaired) electrons. The molecule has 182 valence electrons. The summed E-state index contributed by atoms with van der Waals surface area (Å²) < 4.78 is 28.2. The molecule has 1 aromatic heterocycles. The van der Waals surface area contributed by atoms with Crippen molar-refractivity contribution in [1.29, 1.82) is 0 Å². The quantitative estimate of drug-likeness (QED) is 0.444. The van der Waals surface area contributed by atoms with Crippen LogP contribution in [-0.2, 0) is 16.4 Å². The molecule has 10 heteroatoms. The van der Waals surface area contributed by atoms with Crippen molar-refractivity contribution in [3.05, 3.63) is 32.9 Å². The van der Waals surface area contributed by atoms with E-state index in [4.69, 9.17) is 23.2 Å². The third-order valence-electron chi connectivity index (χ3n) is 5.34. The van der Waals surface area contributed by atoms with Crippen molar-refractivity contribution in [2.75, 3.05) is 0 Å². The zero-order valence-corrected chi connectivity index (χ0v) is 22.6. The number of hydrogen-bond donors (Lipinski definition) is 2. The molecule has 33 heavy (non-hydrogen) atoms. The second kappa shape index (κ2) is 10.6. The molecule has 1 saturated carbocycles. The van der Waals surface area contributed by atoms with Crippen LogP contribution in [0.25, 0.3) is 10.4 Å². The number of nitrogens with zero attached hydrogens (tertiary/aromatic N) is 1. The lowest BCUT2D eigenvalue weighted by Crippen LogP contribution is -2.40. The standard InChI is InChI=1S/C23H31Cl2N3O3S2/c1-5-9-16-20(32-22(27-16)21(29)26-14-10-7-6-8-11-14)15-12-13-17(19(25)18(15)24)33(30,31)28-23(2,3)4/h12-14,28H,5-11H2,1-4H3,(H,26,29). The van der Waals surface area contributed by atoms with E-state index in [2.05, 4.69) is 15.0 Å². The monoisotopic (exact) mass is 531 g/mol. The highest BCUT2D eigenvalue weighted by molar-refractivity contribution is 7.89. The Morgan fingerprint density at radius 3 is 2.42 bits per heavy atom. The molecular weight excluding hydrogens is 501 g/mol. The molecule has 0 atom stereocenters. The van der Waals surface area contributed by atoms with Crippen LogP contribution in [0, 0.1) is 0 Å². The van der Waals surface area contributed by atoms with Gasteiger partial charge >= 0.3 is 0 Å². The predicted octanol–water partition coefficient (Wildman–Crippen LogP) is 6.21. The van der Waals surface area contributed by atoms with Gasteiger partial charge in [0, 0.05) is 17.1 Å². The number of aromatic nitrogens is 1. The van der Waals surface area contributed by atoms with Crippen molar-refractivity contribution in [2.45, 2.75) is 89.1 Å². The van der Waals surface area contributed by atoms with E-state index in [1.165, 1.54) is 23.8 Å². The first-order valence-corrected chi connectivity index (χ1v) is 14.3. The number of hydrogen-bond acceptors (Lipinski definition) is 5. The van der Waals surface area contributed by atoms with Crippen molar-refractivity contribution in [3.63, 3.8) is 0 Å². The SMILES string of the molecule is CCCc1nc(C(=O)NC2CCCCC2)sc1-c1ccc(S(=O)(=O)NC(C)(C)C)c(Cl)c1Cl. The summed E-state index contributed by atoms with van der Waals surface area (Å²) in [6.07, 6.45) is 6.96. The number of carbonyl (C=O) groups excluding carboxylic acids is 1. The molecule has 1 aromatic carbocycles. The molecule has 0 bridgehead atoms. The summed E-state index contributed by atoms with van der Waals surface area (Å²) in [5.41, 5.74) is 0.673. The number of benzene rings is 1. The van der Waals surface area contributed by atoms with E-state index in [0.29, 0.717) is 17.0 Å². The highest BCUT2D eigenvalue weighted by Gasteiger charge is 2.28. The summed E-state index contributed by atoms with van der Waals surface area (Å²) >= 11 is 14.3. The lowest BCUT2D eigenvalue weighted by molar-refractivity contribution is 0.0927. The third kappa shape index (κ3) is 6.48. The molecule has 1 aliphatic rings. The number of rotatable bonds is 7. The van der Waals surface area contributed by atoms with Crippen molar-refractivity contribution < 1.29 is 13.2 Å². The van der Waals surface area contributed by atoms with Crippen LogP contribution in [0.4, 0.5) is 0 Å². The van der Waals surface area contributed by atoms with Crippen LogP contribution < -0.4 is 10.0 Å². The molecule has 2 aromatic rings. The number of aryl methyl sites for hydroxylation is 1. The van der Waals surface area contributed by atoms with Gasteiger partial charge in [0.2, 0.25) is 10.0 Å². The van der Waals surface area contributed by atoms with Crippen LogP contribution in [0.2, 0.25) is 10.0 Å². The minimum absolute atomic E-state index is 0.0463. The summed E-state index contributed by atoms with van der Waals surface area (Å²) in [7, 11) is -3.86. The average molecular weight is 533 g/mol. The molecular formula is C23H31Cl2N3O3S2. The Morgan fingerprint density at radius 1 is 1.15 bits per heavy atom. The number of thiazole rings is 1. The van der Waals surface area contributed by atoms with Crippen LogP contribution in [0.3, 0.4) is 0 Å². The van der Waals surface area contributed by atoms with Crippen molar-refractivity contribution >= 4 is 50.5 Å². The lowest BCUT2D eigenvalue weighted by atomic mass is 9.95. The molecule has 3 rings (SSSR count). The fourth-order valence-electron chi connectivity index (χ4n) is 3.93. The fraction of sp³-hybridized carbons (Fsp3) is 0.565. The van der Waals surface area contributed by atoms with E-state index >= 15 is 0 Å². The van der Waals surface area contributed by atoms with Crippen LogP contribution in [-0.4, -0.2) is 30.9 Å². The maximum Gasteiger partial charge on any atom is 0.280 e. The summed E-state index contributed by atoms with van der Waals surface area (Å²) in [6.45, 7) is 7.29. The van der Waals surface area contributed by atoms with Gasteiger partial charge in [0.25, 0.3) is 5.91 Å². The Bertz CT molecular complexity index is 1120. The molecule has 6 nitrogen and oxygen atoms in total. The van der Waals surface area contributed by atoms with Gasteiger partial charge in [0.1, 0.15) is 4.90 Å². The van der Waals surface area contributed by atoms with E-state index < -0.39 is 15.6 Å². The first-order chi connectivity index (χ1) is 15.4. The van der Waals surface area contributed by atoms with E-state index in [1.807, 2.05) is 6.92 Å². The smallest absolute Gasteiger partial charge is 0.280 e. The number of carbonyl (C=O) groups is 1. The molecule has 0 aliphatic heterocycles. The summed E-state index contributed by atoms with van der Waals surface area (Å²) in [5, 5.41) is 3.58. The first-order valence-electron chi connectivity index (χ1n) is 11.3. The van der Waals surface area contributed by atoms with Crippen molar-refractivity contribution in [2.24, 2.45) is 0 Å². The van der Waals surface area contributed by atoms with Gasteiger partial charge in [-0.05, 0) is 46.1 Å². The highest BCUT2D eigenvalue weighted by atomic mass is 35.5. The maximum atomic E-state index is 12.9. The minimum Gasteiger partial charge on any atom is -0.347 e. The number of sulfonamides is 1. The zero-order chi connectivity index (χ0) is 24.4. The van der Waals surface area contributed by atoms with E-state index in [1.54, 1.807) is 26.8 Å². The van der Waals surface area contributed by atoms with Gasteiger partial charge in [-0.3, -0.25) is 4.79 Å². The van der Waals surface area contributed by atoms with E-state index in [0.717, 1.165) is 42.7 Å². The Morgan fingerprint density at radius 2 is 1.82 bits per heavy atom. The molecule has 1 aliphatic carbocycles. The second-order valence-electron chi connectivity index (χ2n) is 9.45. The molecule has 0 unspecified atom stereocenters. The van der Waals surface area contributed by atoms with Gasteiger partial charge in [-0.1, -0.05) is 61.9 Å². The molecule has 1 fully saturated rings. The normalized spacial score (nSPS) is 15.6. The van der Waals surface area contributed by atoms with Gasteiger partial charge in [-0.25, -0.2) is 18.1 Å². The van der Waals surface area contributed by atoms with Crippen molar-refractivity contribution in [1.82, 2.24) is 15.0 Å².